The normalized spacial score (nSPS) is 22.9. The molecule has 2 bridgehead atoms. The maximum atomic E-state index is 14.5. The monoisotopic (exact) mass is 600 g/mol. The van der Waals surface area contributed by atoms with E-state index in [2.05, 4.69) is 4.90 Å². The first kappa shape index (κ1) is 30.8. The van der Waals surface area contributed by atoms with E-state index in [1.54, 1.807) is 11.8 Å². The molecule has 3 heterocycles. The highest BCUT2D eigenvalue weighted by Crippen LogP contribution is 2.44. The molecule has 3 aliphatic rings. The molecule has 0 amide bonds. The third kappa shape index (κ3) is 7.02. The molecule has 0 unspecified atom stereocenters. The van der Waals surface area contributed by atoms with Crippen LogP contribution in [0.4, 0.5) is 5.82 Å². The van der Waals surface area contributed by atoms with Gasteiger partial charge in [-0.05, 0) is 63.1 Å². The molecule has 0 spiro atoms. The molecular formula is C36H48N4O4. The van der Waals surface area contributed by atoms with Crippen molar-refractivity contribution in [1.82, 2.24) is 14.5 Å². The molecular weight excluding hydrogens is 552 g/mol. The van der Waals surface area contributed by atoms with Crippen molar-refractivity contribution in [3.8, 4) is 0 Å². The van der Waals surface area contributed by atoms with E-state index >= 15 is 0 Å². The Hall–Kier alpha value is -3.23. The SMILES string of the molecule is CCOC(=O)CN(CCOCc1ccccc1)c1nc2ccccc2n([C@H]2C[C@H]3CC[C@@H](C2)N3C2CCCCCCC2)c1=O. The van der Waals surface area contributed by atoms with Gasteiger partial charge in [-0.2, -0.15) is 0 Å². The summed E-state index contributed by atoms with van der Waals surface area (Å²) in [6, 6.07) is 19.8. The van der Waals surface area contributed by atoms with E-state index in [4.69, 9.17) is 14.5 Å². The summed E-state index contributed by atoms with van der Waals surface area (Å²) in [4.78, 5) is 36.7. The third-order valence-corrected chi connectivity index (χ3v) is 9.95. The van der Waals surface area contributed by atoms with Crippen molar-refractivity contribution in [3.63, 3.8) is 0 Å². The van der Waals surface area contributed by atoms with Crippen LogP contribution in [0.15, 0.2) is 59.4 Å². The average Bonchev–Trinajstić information content (AvgIpc) is 3.27. The Morgan fingerprint density at radius 1 is 0.864 bits per heavy atom. The number of anilines is 1. The highest BCUT2D eigenvalue weighted by atomic mass is 16.5. The van der Waals surface area contributed by atoms with Crippen LogP contribution in [0, 0.1) is 0 Å². The summed E-state index contributed by atoms with van der Waals surface area (Å²) in [6.45, 7) is 3.21. The number of carbonyl (C=O) groups excluding carboxylic acids is 1. The van der Waals surface area contributed by atoms with Gasteiger partial charge in [0.25, 0.3) is 5.56 Å². The predicted molar refractivity (Wildman–Crippen MR) is 174 cm³/mol. The van der Waals surface area contributed by atoms with E-state index in [-0.39, 0.29) is 30.7 Å². The number of aromatic nitrogens is 2. The molecule has 1 aliphatic carbocycles. The van der Waals surface area contributed by atoms with Crippen LogP contribution in [-0.4, -0.2) is 64.8 Å². The van der Waals surface area contributed by atoms with Gasteiger partial charge in [0.15, 0.2) is 5.82 Å². The topological polar surface area (TPSA) is 76.9 Å². The molecule has 236 valence electrons. The fourth-order valence-electron chi connectivity index (χ4n) is 8.00. The van der Waals surface area contributed by atoms with Gasteiger partial charge >= 0.3 is 5.97 Å². The van der Waals surface area contributed by atoms with Crippen molar-refractivity contribution in [2.45, 2.75) is 108 Å². The molecule has 2 saturated heterocycles. The summed E-state index contributed by atoms with van der Waals surface area (Å²) in [5, 5.41) is 0. The lowest BCUT2D eigenvalue weighted by molar-refractivity contribution is -0.141. The molecule has 44 heavy (non-hydrogen) atoms. The minimum absolute atomic E-state index is 0.0471. The molecule has 0 N–H and O–H groups in total. The van der Waals surface area contributed by atoms with Crippen LogP contribution in [-0.2, 0) is 20.9 Å². The summed E-state index contributed by atoms with van der Waals surface area (Å²) in [7, 11) is 0. The second-order valence-electron chi connectivity index (χ2n) is 12.8. The fraction of sp³-hybridized carbons (Fsp3) is 0.583. The van der Waals surface area contributed by atoms with Gasteiger partial charge in [-0.25, -0.2) is 4.98 Å². The lowest BCUT2D eigenvalue weighted by Gasteiger charge is -2.45. The van der Waals surface area contributed by atoms with Crippen molar-refractivity contribution in [3.05, 3.63) is 70.5 Å². The molecule has 3 aromatic rings. The van der Waals surface area contributed by atoms with Crippen molar-refractivity contribution in [2.75, 3.05) is 31.2 Å². The summed E-state index contributed by atoms with van der Waals surface area (Å²) >= 11 is 0. The number of carbonyl (C=O) groups is 1. The van der Waals surface area contributed by atoms with E-state index in [9.17, 15) is 9.59 Å². The molecule has 2 aliphatic heterocycles. The Kier molecular flexibility index (Phi) is 10.3. The predicted octanol–water partition coefficient (Wildman–Crippen LogP) is 6.26. The van der Waals surface area contributed by atoms with Gasteiger partial charge < -0.3 is 18.9 Å². The van der Waals surface area contributed by atoms with Gasteiger partial charge in [-0.15, -0.1) is 0 Å². The zero-order valence-corrected chi connectivity index (χ0v) is 26.2. The minimum Gasteiger partial charge on any atom is -0.465 e. The van der Waals surface area contributed by atoms with Crippen molar-refractivity contribution in [1.29, 1.82) is 0 Å². The van der Waals surface area contributed by atoms with Crippen molar-refractivity contribution >= 4 is 22.8 Å². The lowest BCUT2D eigenvalue weighted by atomic mass is 9.89. The summed E-state index contributed by atoms with van der Waals surface area (Å²) in [5.41, 5.74) is 2.60. The van der Waals surface area contributed by atoms with Gasteiger partial charge in [-0.1, -0.05) is 74.6 Å². The van der Waals surface area contributed by atoms with Crippen LogP contribution in [0.3, 0.4) is 0 Å². The first-order valence-electron chi connectivity index (χ1n) is 16.9. The Balaban J connectivity index is 1.27. The smallest absolute Gasteiger partial charge is 0.325 e. The summed E-state index contributed by atoms with van der Waals surface area (Å²) in [5.74, 6) is -0.0723. The van der Waals surface area contributed by atoms with Crippen molar-refractivity contribution in [2.24, 2.45) is 0 Å². The average molecular weight is 601 g/mol. The highest BCUT2D eigenvalue weighted by Gasteiger charge is 2.44. The highest BCUT2D eigenvalue weighted by molar-refractivity contribution is 5.79. The van der Waals surface area contributed by atoms with E-state index in [1.807, 2.05) is 59.2 Å². The molecule has 6 rings (SSSR count). The van der Waals surface area contributed by atoms with Crippen LogP contribution in [0.25, 0.3) is 11.0 Å². The number of piperidine rings is 1. The molecule has 3 atom stereocenters. The zero-order chi connectivity index (χ0) is 30.3. The number of rotatable bonds is 11. The van der Waals surface area contributed by atoms with Gasteiger partial charge in [0.1, 0.15) is 6.54 Å². The minimum atomic E-state index is -0.373. The summed E-state index contributed by atoms with van der Waals surface area (Å²) < 4.78 is 13.3. The fourth-order valence-corrected chi connectivity index (χ4v) is 8.00. The first-order chi connectivity index (χ1) is 21.6. The third-order valence-electron chi connectivity index (χ3n) is 9.95. The lowest BCUT2D eigenvalue weighted by Crippen LogP contribution is -2.50. The maximum absolute atomic E-state index is 14.5. The Morgan fingerprint density at radius 3 is 2.27 bits per heavy atom. The second kappa shape index (κ2) is 14.7. The molecule has 8 heteroatoms. The number of ether oxygens (including phenoxy) is 2. The maximum Gasteiger partial charge on any atom is 0.325 e. The van der Waals surface area contributed by atoms with E-state index in [0.717, 1.165) is 29.4 Å². The van der Waals surface area contributed by atoms with Crippen LogP contribution < -0.4 is 10.5 Å². The Labute approximate surface area is 261 Å². The molecule has 1 saturated carbocycles. The first-order valence-corrected chi connectivity index (χ1v) is 16.9. The summed E-state index contributed by atoms with van der Waals surface area (Å²) in [6.07, 6.45) is 13.8. The number of hydrogen-bond donors (Lipinski definition) is 0. The zero-order valence-electron chi connectivity index (χ0n) is 26.2. The van der Waals surface area contributed by atoms with E-state index < -0.39 is 0 Å². The quantitative estimate of drug-likeness (QED) is 0.190. The van der Waals surface area contributed by atoms with Gasteiger partial charge in [0.2, 0.25) is 0 Å². The van der Waals surface area contributed by atoms with Crippen LogP contribution in [0.5, 0.6) is 0 Å². The molecule has 2 aromatic carbocycles. The van der Waals surface area contributed by atoms with Gasteiger partial charge in [-0.3, -0.25) is 14.5 Å². The number of hydrogen-bond acceptors (Lipinski definition) is 7. The molecule has 0 radical (unpaired) electrons. The van der Waals surface area contributed by atoms with Gasteiger partial charge in [0.05, 0.1) is 30.9 Å². The molecule has 8 nitrogen and oxygen atoms in total. The van der Waals surface area contributed by atoms with Crippen LogP contribution in [0.1, 0.15) is 89.2 Å². The Morgan fingerprint density at radius 2 is 1.55 bits per heavy atom. The van der Waals surface area contributed by atoms with Crippen molar-refractivity contribution < 1.29 is 14.3 Å². The van der Waals surface area contributed by atoms with Crippen LogP contribution in [0.2, 0.25) is 0 Å². The largest absolute Gasteiger partial charge is 0.465 e. The number of nitrogens with zero attached hydrogens (tertiary/aromatic N) is 4. The second-order valence-corrected chi connectivity index (χ2v) is 12.8. The number of benzene rings is 2. The number of fused-ring (bicyclic) bond motifs is 3. The Bertz CT molecular complexity index is 1420. The van der Waals surface area contributed by atoms with E-state index in [1.165, 1.54) is 57.8 Å². The standard InChI is InChI=1S/C36H48N4O4/c1-2-44-34(41)25-38(21-22-43-26-27-13-7-6-8-14-27)35-36(42)40(33-18-12-11-17-32(33)37-35)31-23-29-19-20-30(24-31)39(29)28-15-9-4-3-5-10-16-28/h6-8,11-14,17-18,28-31H,2-5,9-10,15-16,19-26H2,1H3/t29-,30+,31+. The number of esters is 1. The van der Waals surface area contributed by atoms with Gasteiger partial charge in [0, 0.05) is 30.7 Å². The molecule has 1 aromatic heterocycles. The number of para-hydroxylation sites is 2. The molecule has 3 fully saturated rings. The van der Waals surface area contributed by atoms with Crippen LogP contribution >= 0.6 is 0 Å². The van der Waals surface area contributed by atoms with E-state index in [0.29, 0.717) is 43.7 Å².